The molecule has 0 saturated carbocycles. The van der Waals surface area contributed by atoms with Crippen molar-refractivity contribution in [2.75, 3.05) is 5.32 Å². The van der Waals surface area contributed by atoms with Crippen molar-refractivity contribution < 1.29 is 14.8 Å². The van der Waals surface area contributed by atoms with E-state index >= 15 is 0 Å². The van der Waals surface area contributed by atoms with Crippen molar-refractivity contribution in [3.05, 3.63) is 16.3 Å². The Bertz CT molecular complexity index is 504. The molecule has 20 heavy (non-hydrogen) atoms. The highest BCUT2D eigenvalue weighted by atomic mass is 16.6. The molecule has 0 aliphatic carbocycles. The van der Waals surface area contributed by atoms with Gasteiger partial charge in [-0.05, 0) is 11.8 Å². The van der Waals surface area contributed by atoms with Gasteiger partial charge in [-0.15, -0.1) is 5.10 Å². The van der Waals surface area contributed by atoms with Crippen molar-refractivity contribution in [2.45, 2.75) is 39.7 Å². The van der Waals surface area contributed by atoms with Crippen molar-refractivity contribution in [1.29, 1.82) is 0 Å². The molecule has 1 heterocycles. The first kappa shape index (κ1) is 15.9. The monoisotopic (exact) mass is 284 g/mol. The third-order valence-electron chi connectivity index (χ3n) is 2.63. The molecule has 8 heteroatoms. The number of carboxylic acid groups (broad SMARTS) is 1. The van der Waals surface area contributed by atoms with Crippen LogP contribution in [0.25, 0.3) is 0 Å². The van der Waals surface area contributed by atoms with Crippen molar-refractivity contribution in [3.8, 4) is 0 Å². The summed E-state index contributed by atoms with van der Waals surface area (Å²) >= 11 is 0. The van der Waals surface area contributed by atoms with Crippen LogP contribution in [-0.4, -0.2) is 31.8 Å². The predicted octanol–water partition coefficient (Wildman–Crippen LogP) is 2.02. The number of anilines is 1. The molecule has 0 radical (unpaired) electrons. The molecule has 1 rings (SSSR count). The lowest BCUT2D eigenvalue weighted by Gasteiger charge is -2.25. The molecule has 1 atom stereocenters. The van der Waals surface area contributed by atoms with Crippen molar-refractivity contribution in [3.63, 3.8) is 0 Å². The lowest BCUT2D eigenvalue weighted by molar-refractivity contribution is -0.384. The summed E-state index contributed by atoms with van der Waals surface area (Å²) in [5.74, 6) is -0.849. The van der Waals surface area contributed by atoms with Gasteiger partial charge in [0, 0.05) is 13.1 Å². The van der Waals surface area contributed by atoms with E-state index < -0.39 is 16.9 Å². The Kier molecular flexibility index (Phi) is 4.69. The van der Waals surface area contributed by atoms with Crippen LogP contribution in [0.15, 0.2) is 6.20 Å². The van der Waals surface area contributed by atoms with E-state index in [0.29, 0.717) is 6.42 Å². The Morgan fingerprint density at radius 3 is 2.65 bits per heavy atom. The van der Waals surface area contributed by atoms with E-state index in [9.17, 15) is 14.9 Å². The molecule has 0 bridgehead atoms. The Morgan fingerprint density at radius 1 is 1.60 bits per heavy atom. The minimum absolute atomic E-state index is 0.101. The third kappa shape index (κ3) is 4.87. The molecular formula is C12H20N4O4. The average Bonchev–Trinajstić information content (AvgIpc) is 2.55. The summed E-state index contributed by atoms with van der Waals surface area (Å²) in [5.41, 5.74) is -0.256. The lowest BCUT2D eigenvalue weighted by Crippen LogP contribution is -2.28. The van der Waals surface area contributed by atoms with Gasteiger partial charge in [-0.3, -0.25) is 19.6 Å². The first-order chi connectivity index (χ1) is 9.08. The van der Waals surface area contributed by atoms with Crippen LogP contribution in [0.1, 0.15) is 33.6 Å². The van der Waals surface area contributed by atoms with Crippen LogP contribution < -0.4 is 5.32 Å². The first-order valence-corrected chi connectivity index (χ1v) is 6.25. The molecule has 1 aromatic rings. The van der Waals surface area contributed by atoms with Gasteiger partial charge in [-0.2, -0.15) is 0 Å². The van der Waals surface area contributed by atoms with Crippen LogP contribution in [0.3, 0.4) is 0 Å². The molecule has 0 aliphatic rings. The van der Waals surface area contributed by atoms with E-state index in [-0.39, 0.29) is 23.3 Å². The normalized spacial score (nSPS) is 13.0. The van der Waals surface area contributed by atoms with Gasteiger partial charge in [-0.1, -0.05) is 20.8 Å². The highest BCUT2D eigenvalue weighted by molar-refractivity contribution is 5.68. The molecule has 0 fully saturated rings. The predicted molar refractivity (Wildman–Crippen MR) is 73.6 cm³/mol. The quantitative estimate of drug-likeness (QED) is 0.610. The van der Waals surface area contributed by atoms with Crippen molar-refractivity contribution >= 4 is 17.5 Å². The highest BCUT2D eigenvalue weighted by Gasteiger charge is 2.26. The largest absolute Gasteiger partial charge is 0.481 e. The average molecular weight is 284 g/mol. The standard InChI is InChI=1S/C12H20N4O4/c1-12(2,3)6-8(5-10(17)18)13-11-9(16(19)20)7-15(4)14-11/h7-8H,5-6H2,1-4H3,(H,13,14)(H,17,18). The zero-order valence-corrected chi connectivity index (χ0v) is 12.1. The van der Waals surface area contributed by atoms with E-state index in [4.69, 9.17) is 5.11 Å². The third-order valence-corrected chi connectivity index (χ3v) is 2.63. The number of rotatable bonds is 6. The number of aryl methyl sites for hydroxylation is 1. The number of nitrogens with one attached hydrogen (secondary N) is 1. The molecule has 0 spiro atoms. The Hall–Kier alpha value is -2.12. The molecule has 0 amide bonds. The summed E-state index contributed by atoms with van der Waals surface area (Å²) in [6.45, 7) is 5.95. The fourth-order valence-corrected chi connectivity index (χ4v) is 2.03. The van der Waals surface area contributed by atoms with Crippen LogP contribution in [0, 0.1) is 15.5 Å². The van der Waals surface area contributed by atoms with Crippen LogP contribution in [0.2, 0.25) is 0 Å². The smallest absolute Gasteiger partial charge is 0.330 e. The minimum atomic E-state index is -0.953. The zero-order chi connectivity index (χ0) is 15.5. The second-order valence-corrected chi connectivity index (χ2v) is 6.00. The number of hydrogen-bond donors (Lipinski definition) is 2. The van der Waals surface area contributed by atoms with E-state index in [1.165, 1.54) is 10.9 Å². The molecule has 2 N–H and O–H groups in total. The number of nitrogens with zero attached hydrogens (tertiary/aromatic N) is 3. The van der Waals surface area contributed by atoms with Crippen LogP contribution in [0.4, 0.5) is 11.5 Å². The molecule has 8 nitrogen and oxygen atoms in total. The lowest BCUT2D eigenvalue weighted by atomic mass is 9.87. The summed E-state index contributed by atoms with van der Waals surface area (Å²) in [6.07, 6.45) is 1.73. The summed E-state index contributed by atoms with van der Waals surface area (Å²) in [4.78, 5) is 21.3. The fraction of sp³-hybridized carbons (Fsp3) is 0.667. The molecule has 1 aromatic heterocycles. The topological polar surface area (TPSA) is 110 Å². The number of carboxylic acids is 1. The molecular weight excluding hydrogens is 264 g/mol. The van der Waals surface area contributed by atoms with Gasteiger partial charge < -0.3 is 10.4 Å². The Labute approximate surface area is 116 Å². The molecule has 112 valence electrons. The van der Waals surface area contributed by atoms with E-state index in [0.717, 1.165) is 0 Å². The molecule has 1 unspecified atom stereocenters. The zero-order valence-electron chi connectivity index (χ0n) is 12.1. The number of aromatic nitrogens is 2. The van der Waals surface area contributed by atoms with Crippen LogP contribution >= 0.6 is 0 Å². The van der Waals surface area contributed by atoms with Gasteiger partial charge in [0.05, 0.1) is 11.3 Å². The second kappa shape index (κ2) is 5.89. The summed E-state index contributed by atoms with van der Waals surface area (Å²) in [7, 11) is 1.58. The number of nitro groups is 1. The SMILES string of the molecule is Cn1cc([N+](=O)[O-])c(NC(CC(=O)O)CC(C)(C)C)n1. The maximum Gasteiger partial charge on any atom is 0.330 e. The molecule has 0 saturated heterocycles. The summed E-state index contributed by atoms with van der Waals surface area (Å²) < 4.78 is 1.33. The Balaban J connectivity index is 2.94. The van der Waals surface area contributed by atoms with Crippen molar-refractivity contribution in [1.82, 2.24) is 9.78 Å². The first-order valence-electron chi connectivity index (χ1n) is 6.25. The minimum Gasteiger partial charge on any atom is -0.481 e. The van der Waals surface area contributed by atoms with Gasteiger partial charge in [-0.25, -0.2) is 0 Å². The van der Waals surface area contributed by atoms with Crippen LogP contribution in [0.5, 0.6) is 0 Å². The highest BCUT2D eigenvalue weighted by Crippen LogP contribution is 2.27. The Morgan fingerprint density at radius 2 is 2.20 bits per heavy atom. The fourth-order valence-electron chi connectivity index (χ4n) is 2.03. The van der Waals surface area contributed by atoms with Gasteiger partial charge >= 0.3 is 11.7 Å². The van der Waals surface area contributed by atoms with Crippen molar-refractivity contribution in [2.24, 2.45) is 12.5 Å². The number of aliphatic carboxylic acids is 1. The summed E-state index contributed by atoms with van der Waals surface area (Å²) in [5, 5.41) is 26.7. The van der Waals surface area contributed by atoms with Gasteiger partial charge in [0.25, 0.3) is 0 Å². The van der Waals surface area contributed by atoms with E-state index in [2.05, 4.69) is 10.4 Å². The second-order valence-electron chi connectivity index (χ2n) is 6.00. The maximum atomic E-state index is 10.9. The number of hydrogen-bond acceptors (Lipinski definition) is 5. The maximum absolute atomic E-state index is 10.9. The molecule has 0 aromatic carbocycles. The van der Waals surface area contributed by atoms with Gasteiger partial charge in [0.15, 0.2) is 0 Å². The van der Waals surface area contributed by atoms with E-state index in [1.54, 1.807) is 7.05 Å². The van der Waals surface area contributed by atoms with Gasteiger partial charge in [0.1, 0.15) is 6.20 Å². The van der Waals surface area contributed by atoms with Gasteiger partial charge in [0.2, 0.25) is 5.82 Å². The number of carbonyl (C=O) groups is 1. The summed E-state index contributed by atoms with van der Waals surface area (Å²) in [6, 6.07) is -0.416. The van der Waals surface area contributed by atoms with Crippen LogP contribution in [-0.2, 0) is 11.8 Å². The van der Waals surface area contributed by atoms with E-state index in [1.807, 2.05) is 20.8 Å². The molecule has 0 aliphatic heterocycles.